The summed E-state index contributed by atoms with van der Waals surface area (Å²) in [5.41, 5.74) is 0.896. The fraction of sp³-hybridized carbons (Fsp3) is 0.600. The first-order chi connectivity index (χ1) is 11.2. The summed E-state index contributed by atoms with van der Waals surface area (Å²) in [7, 11) is 0. The van der Waals surface area contributed by atoms with E-state index in [1.807, 2.05) is 29.7 Å². The predicted molar refractivity (Wildman–Crippen MR) is 89.8 cm³/mol. The van der Waals surface area contributed by atoms with Crippen LogP contribution in [-0.4, -0.2) is 67.6 Å². The highest BCUT2D eigenvalue weighted by atomic mass is 32.2. The monoisotopic (exact) mass is 332 g/mol. The number of amides is 1. The van der Waals surface area contributed by atoms with Gasteiger partial charge in [-0.1, -0.05) is 0 Å². The molecule has 0 saturated carbocycles. The molecule has 0 aromatic carbocycles. The second-order valence-electron chi connectivity index (χ2n) is 6.02. The van der Waals surface area contributed by atoms with Crippen molar-refractivity contribution in [1.82, 2.24) is 24.5 Å². The summed E-state index contributed by atoms with van der Waals surface area (Å²) in [6.45, 7) is 4.55. The van der Waals surface area contributed by atoms with Crippen LogP contribution in [0.25, 0.3) is 5.78 Å². The molecule has 0 N–H and O–H groups in total. The van der Waals surface area contributed by atoms with Gasteiger partial charge in [-0.3, -0.25) is 4.79 Å². The third kappa shape index (κ3) is 2.65. The molecule has 2 aliphatic heterocycles. The Morgan fingerprint density at radius 2 is 2.13 bits per heavy atom. The van der Waals surface area contributed by atoms with Gasteiger partial charge in [0.2, 0.25) is 5.91 Å². The number of hydrogen-bond acceptors (Lipinski definition) is 6. The first-order valence-electron chi connectivity index (χ1n) is 8.04. The summed E-state index contributed by atoms with van der Waals surface area (Å²) in [6, 6.07) is 1.91. The lowest BCUT2D eigenvalue weighted by Gasteiger charge is -2.33. The fourth-order valence-electron chi connectivity index (χ4n) is 3.41. The lowest BCUT2D eigenvalue weighted by molar-refractivity contribution is -0.132. The highest BCUT2D eigenvalue weighted by Crippen LogP contribution is 2.27. The Hall–Kier alpha value is -1.83. The van der Waals surface area contributed by atoms with E-state index in [4.69, 9.17) is 0 Å². The quantitative estimate of drug-likeness (QED) is 0.817. The minimum Gasteiger partial charge on any atom is -0.344 e. The number of aromatic nitrogens is 4. The summed E-state index contributed by atoms with van der Waals surface area (Å²) < 4.78 is 1.74. The first kappa shape index (κ1) is 14.7. The zero-order valence-electron chi connectivity index (χ0n) is 13.2. The number of hydrogen-bond donors (Lipinski definition) is 0. The van der Waals surface area contributed by atoms with Crippen molar-refractivity contribution in [3.05, 3.63) is 18.1 Å². The van der Waals surface area contributed by atoms with Crippen molar-refractivity contribution >= 4 is 29.3 Å². The number of aryl methyl sites for hydroxylation is 1. The van der Waals surface area contributed by atoms with E-state index in [0.717, 1.165) is 55.5 Å². The summed E-state index contributed by atoms with van der Waals surface area (Å²) in [5.74, 6) is 3.85. The number of rotatable bonds is 2. The van der Waals surface area contributed by atoms with Gasteiger partial charge in [0.1, 0.15) is 18.2 Å². The Morgan fingerprint density at radius 3 is 2.96 bits per heavy atom. The molecular formula is C15H20N6OS. The average molecular weight is 332 g/mol. The molecule has 1 atom stereocenters. The van der Waals surface area contributed by atoms with Gasteiger partial charge in [-0.25, -0.2) is 4.98 Å². The van der Waals surface area contributed by atoms with E-state index in [1.54, 1.807) is 4.52 Å². The standard InChI is InChI=1S/C15H20N6OS/c1-11-9-13(21-15(18-11)16-10-17-21)20-4-2-3-12(20)14(22)19-5-7-23-8-6-19/h9-10,12H,2-8H2,1H3. The van der Waals surface area contributed by atoms with E-state index in [-0.39, 0.29) is 11.9 Å². The van der Waals surface area contributed by atoms with Gasteiger partial charge < -0.3 is 9.80 Å². The largest absolute Gasteiger partial charge is 0.344 e. The van der Waals surface area contributed by atoms with Crippen LogP contribution in [0.4, 0.5) is 5.82 Å². The lowest BCUT2D eigenvalue weighted by atomic mass is 10.2. The maximum absolute atomic E-state index is 13.0. The topological polar surface area (TPSA) is 66.6 Å². The zero-order valence-corrected chi connectivity index (χ0v) is 14.0. The Kier molecular flexibility index (Phi) is 3.84. The highest BCUT2D eigenvalue weighted by Gasteiger charge is 2.35. The summed E-state index contributed by atoms with van der Waals surface area (Å²) >= 11 is 1.92. The second kappa shape index (κ2) is 5.99. The van der Waals surface area contributed by atoms with Crippen LogP contribution in [0.1, 0.15) is 18.5 Å². The Labute approximate surface area is 139 Å². The molecule has 2 aromatic rings. The van der Waals surface area contributed by atoms with Crippen molar-refractivity contribution in [2.24, 2.45) is 0 Å². The molecule has 7 nitrogen and oxygen atoms in total. The Morgan fingerprint density at radius 1 is 1.30 bits per heavy atom. The van der Waals surface area contributed by atoms with Gasteiger partial charge in [0.05, 0.1) is 0 Å². The van der Waals surface area contributed by atoms with Crippen molar-refractivity contribution < 1.29 is 4.79 Å². The number of carbonyl (C=O) groups is 1. The first-order valence-corrected chi connectivity index (χ1v) is 9.20. The van der Waals surface area contributed by atoms with E-state index in [0.29, 0.717) is 5.78 Å². The Balaban J connectivity index is 1.66. The maximum Gasteiger partial charge on any atom is 0.254 e. The molecule has 2 aliphatic rings. The minimum atomic E-state index is -0.0905. The van der Waals surface area contributed by atoms with E-state index in [2.05, 4.69) is 20.0 Å². The maximum atomic E-state index is 13.0. The van der Waals surface area contributed by atoms with E-state index in [9.17, 15) is 4.79 Å². The van der Waals surface area contributed by atoms with Crippen LogP contribution in [0.3, 0.4) is 0 Å². The number of nitrogens with zero attached hydrogens (tertiary/aromatic N) is 6. The van der Waals surface area contributed by atoms with Gasteiger partial charge in [-0.2, -0.15) is 26.4 Å². The van der Waals surface area contributed by atoms with Gasteiger partial charge >= 0.3 is 0 Å². The second-order valence-corrected chi connectivity index (χ2v) is 7.24. The summed E-state index contributed by atoms with van der Waals surface area (Å²) in [6.07, 6.45) is 3.44. The van der Waals surface area contributed by atoms with Crippen LogP contribution >= 0.6 is 11.8 Å². The van der Waals surface area contributed by atoms with Gasteiger partial charge in [0.15, 0.2) is 0 Å². The smallest absolute Gasteiger partial charge is 0.254 e. The highest BCUT2D eigenvalue weighted by molar-refractivity contribution is 7.99. The molecule has 4 heterocycles. The van der Waals surface area contributed by atoms with Gasteiger partial charge in [0, 0.05) is 42.9 Å². The Bertz CT molecular complexity index is 726. The van der Waals surface area contributed by atoms with E-state index >= 15 is 0 Å². The van der Waals surface area contributed by atoms with E-state index < -0.39 is 0 Å². The normalized spacial score (nSPS) is 22.0. The predicted octanol–water partition coefficient (Wildman–Crippen LogP) is 0.977. The summed E-state index contributed by atoms with van der Waals surface area (Å²) in [5, 5.41) is 4.28. The van der Waals surface area contributed by atoms with Crippen molar-refractivity contribution in [2.45, 2.75) is 25.8 Å². The summed E-state index contributed by atoms with van der Waals surface area (Å²) in [4.78, 5) is 25.7. The van der Waals surface area contributed by atoms with Crippen LogP contribution < -0.4 is 4.90 Å². The number of anilines is 1. The molecule has 2 aromatic heterocycles. The van der Waals surface area contributed by atoms with Crippen LogP contribution in [0, 0.1) is 6.92 Å². The number of thioether (sulfide) groups is 1. The van der Waals surface area contributed by atoms with Gasteiger partial charge in [-0.15, -0.1) is 0 Å². The van der Waals surface area contributed by atoms with E-state index in [1.165, 1.54) is 6.33 Å². The average Bonchev–Trinajstić information content (AvgIpc) is 3.23. The third-order valence-corrected chi connectivity index (χ3v) is 5.46. The van der Waals surface area contributed by atoms with Crippen LogP contribution in [0.15, 0.2) is 12.4 Å². The van der Waals surface area contributed by atoms with Crippen molar-refractivity contribution in [3.63, 3.8) is 0 Å². The molecule has 1 unspecified atom stereocenters. The molecule has 4 rings (SSSR count). The van der Waals surface area contributed by atoms with Crippen molar-refractivity contribution in [2.75, 3.05) is 36.0 Å². The molecule has 2 saturated heterocycles. The minimum absolute atomic E-state index is 0.0905. The molecule has 2 fully saturated rings. The van der Waals surface area contributed by atoms with Gasteiger partial charge in [-0.05, 0) is 19.8 Å². The fourth-order valence-corrected chi connectivity index (χ4v) is 4.31. The molecule has 0 spiro atoms. The molecule has 1 amide bonds. The molecule has 0 radical (unpaired) electrons. The number of fused-ring (bicyclic) bond motifs is 1. The molecule has 23 heavy (non-hydrogen) atoms. The third-order valence-electron chi connectivity index (χ3n) is 4.52. The molecular weight excluding hydrogens is 312 g/mol. The van der Waals surface area contributed by atoms with Crippen molar-refractivity contribution in [3.8, 4) is 0 Å². The van der Waals surface area contributed by atoms with Crippen LogP contribution in [0.2, 0.25) is 0 Å². The molecule has 122 valence electrons. The molecule has 0 aliphatic carbocycles. The van der Waals surface area contributed by atoms with Crippen LogP contribution in [0.5, 0.6) is 0 Å². The molecule has 0 bridgehead atoms. The SMILES string of the molecule is Cc1cc(N2CCCC2C(=O)N2CCSCC2)n2ncnc2n1. The number of carbonyl (C=O) groups excluding carboxylic acids is 1. The lowest BCUT2D eigenvalue weighted by Crippen LogP contribution is -2.49. The zero-order chi connectivity index (χ0) is 15.8. The van der Waals surface area contributed by atoms with Crippen molar-refractivity contribution in [1.29, 1.82) is 0 Å². The molecule has 8 heteroatoms. The van der Waals surface area contributed by atoms with Gasteiger partial charge in [0.25, 0.3) is 5.78 Å². The van der Waals surface area contributed by atoms with Crippen LogP contribution in [-0.2, 0) is 4.79 Å².